The molecule has 132 valence electrons. The van der Waals surface area contributed by atoms with Gasteiger partial charge in [-0.2, -0.15) is 18.2 Å². The third-order valence-electron chi connectivity index (χ3n) is 3.45. The molecule has 0 radical (unpaired) electrons. The average molecular weight is 367 g/mol. The van der Waals surface area contributed by atoms with Crippen LogP contribution in [0, 0.1) is 0 Å². The van der Waals surface area contributed by atoms with Gasteiger partial charge in [-0.15, -0.1) is 11.3 Å². The molecule has 0 aliphatic rings. The molecule has 0 aromatic carbocycles. The van der Waals surface area contributed by atoms with E-state index in [0.717, 1.165) is 16.3 Å². The third kappa shape index (κ3) is 3.65. The lowest BCUT2D eigenvalue weighted by molar-refractivity contribution is -0.141. The summed E-state index contributed by atoms with van der Waals surface area (Å²) in [4.78, 5) is 14.2. The van der Waals surface area contributed by atoms with Gasteiger partial charge in [-0.3, -0.25) is 0 Å². The molecule has 3 rings (SSSR count). The van der Waals surface area contributed by atoms with Crippen molar-refractivity contribution < 1.29 is 13.2 Å². The van der Waals surface area contributed by atoms with Gasteiger partial charge in [-0.1, -0.05) is 0 Å². The van der Waals surface area contributed by atoms with Crippen LogP contribution in [-0.4, -0.2) is 28.0 Å². The number of anilines is 3. The van der Waals surface area contributed by atoms with Gasteiger partial charge in [0.05, 0.1) is 22.1 Å². The van der Waals surface area contributed by atoms with Crippen LogP contribution in [0.3, 0.4) is 0 Å². The van der Waals surface area contributed by atoms with Gasteiger partial charge < -0.3 is 10.2 Å². The Labute approximate surface area is 146 Å². The van der Waals surface area contributed by atoms with Crippen LogP contribution in [0.5, 0.6) is 0 Å². The summed E-state index contributed by atoms with van der Waals surface area (Å²) < 4.78 is 38.9. The van der Waals surface area contributed by atoms with Gasteiger partial charge >= 0.3 is 6.18 Å². The zero-order valence-corrected chi connectivity index (χ0v) is 14.6. The van der Waals surface area contributed by atoms with Crippen molar-refractivity contribution in [2.45, 2.75) is 26.1 Å². The normalized spacial score (nSPS) is 12.0. The summed E-state index contributed by atoms with van der Waals surface area (Å²) in [6.07, 6.45) is -3.26. The molecule has 9 heteroatoms. The van der Waals surface area contributed by atoms with Crippen molar-refractivity contribution in [3.05, 3.63) is 35.5 Å². The van der Waals surface area contributed by atoms with Crippen molar-refractivity contribution in [2.75, 3.05) is 17.3 Å². The molecule has 0 amide bonds. The van der Waals surface area contributed by atoms with E-state index in [4.69, 9.17) is 0 Å². The monoisotopic (exact) mass is 367 g/mol. The minimum absolute atomic E-state index is 0.155. The topological polar surface area (TPSA) is 53.9 Å². The van der Waals surface area contributed by atoms with E-state index in [1.165, 1.54) is 23.6 Å². The first-order chi connectivity index (χ1) is 11.8. The molecule has 1 N–H and O–H groups in total. The Morgan fingerprint density at radius 3 is 2.52 bits per heavy atom. The summed E-state index contributed by atoms with van der Waals surface area (Å²) in [6, 6.07) is 4.39. The molecule has 0 bridgehead atoms. The number of aromatic nitrogens is 3. The Morgan fingerprint density at radius 2 is 1.92 bits per heavy atom. The number of hydrogen-bond acceptors (Lipinski definition) is 6. The molecule has 3 aromatic heterocycles. The lowest BCUT2D eigenvalue weighted by Crippen LogP contribution is -2.17. The van der Waals surface area contributed by atoms with Gasteiger partial charge in [0.1, 0.15) is 5.69 Å². The van der Waals surface area contributed by atoms with Crippen molar-refractivity contribution in [2.24, 2.45) is 0 Å². The Hall–Kier alpha value is -2.42. The molecule has 0 spiro atoms. The Kier molecular flexibility index (Phi) is 4.51. The van der Waals surface area contributed by atoms with Crippen LogP contribution in [0.2, 0.25) is 0 Å². The fourth-order valence-electron chi connectivity index (χ4n) is 2.27. The first-order valence-electron chi connectivity index (χ1n) is 7.54. The summed E-state index contributed by atoms with van der Waals surface area (Å²) in [5, 5.41) is 5.06. The minimum Gasteiger partial charge on any atom is -0.352 e. The van der Waals surface area contributed by atoms with Crippen LogP contribution in [0.1, 0.15) is 19.5 Å². The zero-order valence-electron chi connectivity index (χ0n) is 13.8. The lowest BCUT2D eigenvalue weighted by atomic mass is 10.3. The predicted molar refractivity (Wildman–Crippen MR) is 93.5 cm³/mol. The first kappa shape index (κ1) is 17.4. The van der Waals surface area contributed by atoms with E-state index < -0.39 is 11.9 Å². The molecule has 3 heterocycles. The van der Waals surface area contributed by atoms with Gasteiger partial charge in [0.2, 0.25) is 5.95 Å². The molecule has 0 fully saturated rings. The first-order valence-corrected chi connectivity index (χ1v) is 8.42. The molecular formula is C16H16F3N5S. The van der Waals surface area contributed by atoms with Gasteiger partial charge in [-0.05, 0) is 37.4 Å². The molecule has 0 aliphatic heterocycles. The average Bonchev–Trinajstić information content (AvgIpc) is 3.00. The third-order valence-corrected chi connectivity index (χ3v) is 4.35. The predicted octanol–water partition coefficient (Wildman–Crippen LogP) is 4.69. The van der Waals surface area contributed by atoms with Crippen molar-refractivity contribution in [1.82, 2.24) is 15.0 Å². The van der Waals surface area contributed by atoms with Crippen LogP contribution >= 0.6 is 11.3 Å². The largest absolute Gasteiger partial charge is 0.433 e. The molecule has 5 nitrogen and oxygen atoms in total. The highest BCUT2D eigenvalue weighted by atomic mass is 32.1. The van der Waals surface area contributed by atoms with E-state index >= 15 is 0 Å². The molecule has 0 saturated carbocycles. The van der Waals surface area contributed by atoms with Crippen molar-refractivity contribution in [3.8, 4) is 0 Å². The quantitative estimate of drug-likeness (QED) is 0.725. The van der Waals surface area contributed by atoms with E-state index in [1.54, 1.807) is 11.9 Å². The van der Waals surface area contributed by atoms with E-state index in [0.29, 0.717) is 17.5 Å². The van der Waals surface area contributed by atoms with Crippen LogP contribution in [-0.2, 0) is 6.18 Å². The molecule has 0 saturated heterocycles. The lowest BCUT2D eigenvalue weighted by Gasteiger charge is -2.20. The van der Waals surface area contributed by atoms with E-state index in [-0.39, 0.29) is 6.04 Å². The number of hydrogen-bond donors (Lipinski definition) is 1. The van der Waals surface area contributed by atoms with Crippen molar-refractivity contribution >= 4 is 39.0 Å². The highest BCUT2D eigenvalue weighted by molar-refractivity contribution is 7.17. The highest BCUT2D eigenvalue weighted by Crippen LogP contribution is 2.34. The van der Waals surface area contributed by atoms with Gasteiger partial charge in [-0.25, -0.2) is 9.97 Å². The van der Waals surface area contributed by atoms with E-state index in [9.17, 15) is 13.2 Å². The minimum atomic E-state index is -4.46. The molecule has 3 aromatic rings. The van der Waals surface area contributed by atoms with Gasteiger partial charge in [0.15, 0.2) is 5.82 Å². The summed E-state index contributed by atoms with van der Waals surface area (Å²) in [5.74, 6) is 1.09. The van der Waals surface area contributed by atoms with Crippen LogP contribution < -0.4 is 10.2 Å². The van der Waals surface area contributed by atoms with Crippen LogP contribution in [0.4, 0.5) is 30.6 Å². The number of fused-ring (bicyclic) bond motifs is 1. The maximum Gasteiger partial charge on any atom is 0.433 e. The van der Waals surface area contributed by atoms with E-state index in [2.05, 4.69) is 20.3 Å². The Balaban J connectivity index is 2.01. The maximum atomic E-state index is 12.7. The second-order valence-corrected chi connectivity index (χ2v) is 6.68. The highest BCUT2D eigenvalue weighted by Gasteiger charge is 2.32. The number of alkyl halides is 3. The van der Waals surface area contributed by atoms with Crippen LogP contribution in [0.15, 0.2) is 29.8 Å². The molecule has 0 unspecified atom stereocenters. The maximum absolute atomic E-state index is 12.7. The van der Waals surface area contributed by atoms with E-state index in [1.807, 2.05) is 25.3 Å². The summed E-state index contributed by atoms with van der Waals surface area (Å²) in [6.45, 7) is 3.95. The Morgan fingerprint density at radius 1 is 1.16 bits per heavy atom. The van der Waals surface area contributed by atoms with Crippen molar-refractivity contribution in [3.63, 3.8) is 0 Å². The smallest absolute Gasteiger partial charge is 0.352 e. The summed E-state index contributed by atoms with van der Waals surface area (Å²) >= 11 is 1.48. The number of thiophene rings is 1. The Bertz CT molecular complexity index is 874. The van der Waals surface area contributed by atoms with Crippen molar-refractivity contribution in [1.29, 1.82) is 0 Å². The van der Waals surface area contributed by atoms with Gasteiger partial charge in [0.25, 0.3) is 0 Å². The molecule has 0 aliphatic carbocycles. The molecule has 25 heavy (non-hydrogen) atoms. The summed E-state index contributed by atoms with van der Waals surface area (Å²) in [7, 11) is 1.74. The fraction of sp³-hybridized carbons (Fsp3) is 0.312. The number of halogens is 3. The SMILES string of the molecule is CC(C)Nc1nc(N(C)c2ccc(C(F)(F)F)nc2)c2sccc2n1. The number of nitrogens with zero attached hydrogens (tertiary/aromatic N) is 4. The number of rotatable bonds is 4. The number of pyridine rings is 1. The second-order valence-electron chi connectivity index (χ2n) is 5.76. The summed E-state index contributed by atoms with van der Waals surface area (Å²) in [5.41, 5.74) is 0.373. The standard InChI is InChI=1S/C16H16F3N5S/c1-9(2)21-15-22-11-6-7-25-13(11)14(23-15)24(3)10-4-5-12(20-8-10)16(17,18)19/h4-9H,1-3H3,(H,21,22,23). The zero-order chi connectivity index (χ0) is 18.2. The van der Waals surface area contributed by atoms with Gasteiger partial charge in [0, 0.05) is 13.1 Å². The fourth-order valence-corrected chi connectivity index (χ4v) is 3.13. The second kappa shape index (κ2) is 6.47. The number of nitrogens with one attached hydrogen (secondary N) is 1. The molecular weight excluding hydrogens is 351 g/mol. The molecule has 0 atom stereocenters. The van der Waals surface area contributed by atoms with Crippen LogP contribution in [0.25, 0.3) is 10.2 Å².